The van der Waals surface area contributed by atoms with Gasteiger partial charge < -0.3 is 20.7 Å². The highest BCUT2D eigenvalue weighted by Gasteiger charge is 2.33. The van der Waals surface area contributed by atoms with Gasteiger partial charge in [0.1, 0.15) is 29.1 Å². The Kier molecular flexibility index (Phi) is 5.97. The van der Waals surface area contributed by atoms with E-state index >= 15 is 0 Å². The van der Waals surface area contributed by atoms with Gasteiger partial charge in [-0.25, -0.2) is 24.1 Å². The highest BCUT2D eigenvalue weighted by molar-refractivity contribution is 6.06. The number of hydrogen-bond donors (Lipinski definition) is 2. The predicted molar refractivity (Wildman–Crippen MR) is 130 cm³/mol. The molecule has 5 rings (SSSR count). The number of piperidine rings is 1. The van der Waals surface area contributed by atoms with Crippen LogP contribution in [0.2, 0.25) is 0 Å². The zero-order valence-electron chi connectivity index (χ0n) is 20.4. The largest absolute Gasteiger partial charge is 0.444 e. The third-order valence-corrected chi connectivity index (χ3v) is 6.07. The number of anilines is 1. The van der Waals surface area contributed by atoms with E-state index in [0.29, 0.717) is 23.1 Å². The van der Waals surface area contributed by atoms with Crippen LogP contribution in [0.3, 0.4) is 0 Å². The van der Waals surface area contributed by atoms with Crippen LogP contribution in [-0.2, 0) is 4.74 Å². The summed E-state index contributed by atoms with van der Waals surface area (Å²) in [4.78, 5) is 39.5. The lowest BCUT2D eigenvalue weighted by molar-refractivity contribution is 0.0124. The molecule has 0 spiro atoms. The minimum Gasteiger partial charge on any atom is -0.444 e. The molecule has 2 amide bonds. The second-order valence-electron chi connectivity index (χ2n) is 10.3. The summed E-state index contributed by atoms with van der Waals surface area (Å²) in [5.74, 6) is -0.331. The first-order valence-corrected chi connectivity index (χ1v) is 12.0. The van der Waals surface area contributed by atoms with Gasteiger partial charge in [-0.1, -0.05) is 0 Å². The topological polar surface area (TPSA) is 141 Å². The van der Waals surface area contributed by atoms with E-state index in [-0.39, 0.29) is 30.6 Å². The molecular weight excluding hydrogens is 467 g/mol. The number of likely N-dealkylation sites (tertiary alicyclic amines) is 1. The van der Waals surface area contributed by atoms with Gasteiger partial charge in [-0.3, -0.25) is 9.48 Å². The van der Waals surface area contributed by atoms with Crippen molar-refractivity contribution in [1.82, 2.24) is 29.6 Å². The van der Waals surface area contributed by atoms with Crippen LogP contribution in [0.15, 0.2) is 24.8 Å². The van der Waals surface area contributed by atoms with Gasteiger partial charge in [0.05, 0.1) is 30.0 Å². The van der Waals surface area contributed by atoms with E-state index in [0.717, 1.165) is 18.4 Å². The molecule has 0 bridgehead atoms. The fourth-order valence-electron chi connectivity index (χ4n) is 4.30. The van der Waals surface area contributed by atoms with Crippen molar-refractivity contribution in [3.05, 3.63) is 30.4 Å². The Morgan fingerprint density at radius 2 is 1.97 bits per heavy atom. The lowest BCUT2D eigenvalue weighted by Crippen LogP contribution is -2.51. The average molecular weight is 497 g/mol. The molecule has 3 aromatic heterocycles. The number of ether oxygens (including phenoxy) is 1. The van der Waals surface area contributed by atoms with Gasteiger partial charge in [-0.2, -0.15) is 5.10 Å². The zero-order valence-corrected chi connectivity index (χ0v) is 20.4. The quantitative estimate of drug-likeness (QED) is 0.549. The number of halogens is 1. The van der Waals surface area contributed by atoms with Gasteiger partial charge in [0.15, 0.2) is 5.82 Å². The molecule has 0 radical (unpaired) electrons. The van der Waals surface area contributed by atoms with E-state index in [9.17, 15) is 14.0 Å². The summed E-state index contributed by atoms with van der Waals surface area (Å²) in [6.07, 6.45) is 5.40. The van der Waals surface area contributed by atoms with Crippen LogP contribution < -0.4 is 11.1 Å². The molecule has 0 aromatic carbocycles. The molecule has 190 valence electrons. The predicted octanol–water partition coefficient (Wildman–Crippen LogP) is 3.08. The van der Waals surface area contributed by atoms with Crippen LogP contribution >= 0.6 is 0 Å². The summed E-state index contributed by atoms with van der Waals surface area (Å²) in [5, 5.41) is 7.61. The number of nitrogens with one attached hydrogen (secondary N) is 1. The maximum absolute atomic E-state index is 14.6. The molecule has 0 unspecified atom stereocenters. The van der Waals surface area contributed by atoms with Gasteiger partial charge in [0.2, 0.25) is 0 Å². The van der Waals surface area contributed by atoms with Gasteiger partial charge in [0, 0.05) is 30.8 Å². The summed E-state index contributed by atoms with van der Waals surface area (Å²) in [6.45, 7) is 5.46. The molecule has 1 aliphatic heterocycles. The van der Waals surface area contributed by atoms with Crippen LogP contribution in [0.1, 0.15) is 56.4 Å². The summed E-state index contributed by atoms with van der Waals surface area (Å²) in [6, 6.07) is 1.53. The fourth-order valence-corrected chi connectivity index (χ4v) is 4.30. The number of fused-ring (bicyclic) bond motifs is 1. The number of pyridine rings is 1. The molecule has 11 nitrogen and oxygen atoms in total. The van der Waals surface area contributed by atoms with Crippen LogP contribution in [0.5, 0.6) is 0 Å². The van der Waals surface area contributed by atoms with Crippen molar-refractivity contribution in [3.63, 3.8) is 0 Å². The highest BCUT2D eigenvalue weighted by Crippen LogP contribution is 2.35. The van der Waals surface area contributed by atoms with E-state index < -0.39 is 29.8 Å². The number of nitrogens with two attached hydrogens (primary N) is 1. The number of nitrogens with zero attached hydrogens (tertiary/aromatic N) is 6. The number of carbonyl (C=O) groups excluding carboxylic acids is 2. The Bertz CT molecular complexity index is 1320. The standard InChI is InChI=1S/C24H29FN8O3/c1-24(2,3)36-23(35)32-10-14(25)6-15(11-32)30-22-20-19(27-12-28-22)17(21(26)34)7-18(31-20)13-8-29-33(9-13)16-4-5-16/h7-9,12,14-16H,4-6,10-11H2,1-3H3,(H2,26,34)(H,27,28,30)/t14-,15-/m0/s1. The Balaban J connectivity index is 1.47. The Labute approximate surface area is 207 Å². The van der Waals surface area contributed by atoms with Crippen molar-refractivity contribution in [2.75, 3.05) is 18.4 Å². The van der Waals surface area contributed by atoms with Crippen molar-refractivity contribution in [3.8, 4) is 11.3 Å². The van der Waals surface area contributed by atoms with Crippen molar-refractivity contribution in [1.29, 1.82) is 0 Å². The first-order valence-electron chi connectivity index (χ1n) is 12.0. The minimum atomic E-state index is -1.24. The number of rotatable bonds is 5. The Morgan fingerprint density at radius 3 is 2.67 bits per heavy atom. The molecule has 36 heavy (non-hydrogen) atoms. The molecule has 4 heterocycles. The first kappa shape index (κ1) is 23.9. The van der Waals surface area contributed by atoms with E-state index in [2.05, 4.69) is 20.4 Å². The van der Waals surface area contributed by atoms with Crippen molar-refractivity contribution >= 4 is 28.9 Å². The smallest absolute Gasteiger partial charge is 0.410 e. The van der Waals surface area contributed by atoms with Crippen LogP contribution in [0.4, 0.5) is 15.0 Å². The number of carbonyl (C=O) groups is 2. The minimum absolute atomic E-state index is 0.0448. The Hall–Kier alpha value is -3.83. The van der Waals surface area contributed by atoms with Crippen molar-refractivity contribution in [2.45, 2.75) is 63.9 Å². The van der Waals surface area contributed by atoms with E-state index in [1.807, 2.05) is 10.9 Å². The van der Waals surface area contributed by atoms with Crippen molar-refractivity contribution < 1.29 is 18.7 Å². The van der Waals surface area contributed by atoms with E-state index in [1.165, 1.54) is 11.2 Å². The summed E-state index contributed by atoms with van der Waals surface area (Å²) >= 11 is 0. The number of amides is 2. The molecule has 1 aliphatic carbocycles. The Morgan fingerprint density at radius 1 is 1.19 bits per heavy atom. The normalized spacial score (nSPS) is 20.4. The SMILES string of the molecule is CC(C)(C)OC(=O)N1C[C@@H](F)C[C@H](Nc2ncnc3c(C(N)=O)cc(-c4cnn(C5CC5)c4)nc23)C1. The lowest BCUT2D eigenvalue weighted by Gasteiger charge is -2.36. The highest BCUT2D eigenvalue weighted by atomic mass is 19.1. The molecule has 1 saturated carbocycles. The molecule has 2 fully saturated rings. The number of aromatic nitrogens is 5. The van der Waals surface area contributed by atoms with Gasteiger partial charge >= 0.3 is 6.09 Å². The number of alkyl halides is 1. The second-order valence-corrected chi connectivity index (χ2v) is 10.3. The van der Waals surface area contributed by atoms with Crippen molar-refractivity contribution in [2.24, 2.45) is 5.73 Å². The van der Waals surface area contributed by atoms with Crippen LogP contribution in [0.25, 0.3) is 22.3 Å². The maximum Gasteiger partial charge on any atom is 0.410 e. The molecule has 2 aliphatic rings. The average Bonchev–Trinajstić information content (AvgIpc) is 3.53. The molecule has 12 heteroatoms. The van der Waals surface area contributed by atoms with E-state index in [1.54, 1.807) is 33.0 Å². The number of hydrogen-bond acceptors (Lipinski definition) is 8. The third kappa shape index (κ3) is 5.07. The van der Waals surface area contributed by atoms with E-state index in [4.69, 9.17) is 15.5 Å². The number of primary amides is 1. The summed E-state index contributed by atoms with van der Waals surface area (Å²) < 4.78 is 21.9. The van der Waals surface area contributed by atoms with Gasteiger partial charge in [-0.05, 0) is 39.7 Å². The maximum atomic E-state index is 14.6. The molecule has 2 atom stereocenters. The lowest BCUT2D eigenvalue weighted by atomic mass is 10.0. The molecular formula is C24H29FN8O3. The molecule has 3 aromatic rings. The first-order chi connectivity index (χ1) is 17.1. The van der Waals surface area contributed by atoms with Gasteiger partial charge in [-0.15, -0.1) is 0 Å². The fraction of sp³-hybridized carbons (Fsp3) is 0.500. The summed E-state index contributed by atoms with van der Waals surface area (Å²) in [7, 11) is 0. The zero-order chi connectivity index (χ0) is 25.6. The van der Waals surface area contributed by atoms with Crippen LogP contribution in [-0.4, -0.2) is 72.5 Å². The van der Waals surface area contributed by atoms with Crippen LogP contribution in [0, 0.1) is 0 Å². The molecule has 1 saturated heterocycles. The summed E-state index contributed by atoms with van der Waals surface area (Å²) in [5.41, 5.74) is 7.03. The van der Waals surface area contributed by atoms with Gasteiger partial charge in [0.25, 0.3) is 5.91 Å². The molecule has 3 N–H and O–H groups in total. The second kappa shape index (κ2) is 8.99. The monoisotopic (exact) mass is 496 g/mol. The third-order valence-electron chi connectivity index (χ3n) is 6.07.